The van der Waals surface area contributed by atoms with Crippen molar-refractivity contribution in [3.8, 4) is 17.3 Å². The van der Waals surface area contributed by atoms with Crippen molar-refractivity contribution in [1.29, 1.82) is 5.26 Å². The van der Waals surface area contributed by atoms with Crippen molar-refractivity contribution in [3.05, 3.63) is 86.3 Å². The van der Waals surface area contributed by atoms with Crippen LogP contribution in [0.5, 0.6) is 0 Å². The Labute approximate surface area is 216 Å². The minimum Gasteiger partial charge on any atom is -0.381 e. The van der Waals surface area contributed by atoms with Gasteiger partial charge in [0.2, 0.25) is 0 Å². The summed E-state index contributed by atoms with van der Waals surface area (Å²) in [5.41, 5.74) is -0.237. The number of nitrogens with zero attached hydrogens (tertiary/aromatic N) is 5. The number of aromatic nitrogens is 4. The number of pyridine rings is 2. The number of aryl methyl sites for hydroxylation is 3. The minimum atomic E-state index is -4.81. The number of alkyl halides is 3. The molecule has 11 heteroatoms. The van der Waals surface area contributed by atoms with Gasteiger partial charge < -0.3 is 9.88 Å². The molecular formula is C27H25F3N6O2. The van der Waals surface area contributed by atoms with Gasteiger partial charge in [0, 0.05) is 37.6 Å². The van der Waals surface area contributed by atoms with Gasteiger partial charge in [0.15, 0.2) is 0 Å². The second-order valence-corrected chi connectivity index (χ2v) is 9.16. The number of hydrogen-bond acceptors (Lipinski definition) is 6. The molecule has 0 aliphatic carbocycles. The van der Waals surface area contributed by atoms with Gasteiger partial charge in [-0.15, -0.1) is 0 Å². The van der Waals surface area contributed by atoms with E-state index in [9.17, 15) is 22.8 Å². The zero-order valence-electron chi connectivity index (χ0n) is 21.0. The highest BCUT2D eigenvalue weighted by molar-refractivity contribution is 5.89. The Bertz CT molecular complexity index is 1650. The zero-order chi connectivity index (χ0) is 27.6. The van der Waals surface area contributed by atoms with Crippen molar-refractivity contribution >= 4 is 16.5 Å². The number of fused-ring (bicyclic) bond motifs is 1. The summed E-state index contributed by atoms with van der Waals surface area (Å²) in [6.45, 7) is 3.94. The molecule has 0 unspecified atom stereocenters. The molecule has 0 aliphatic rings. The summed E-state index contributed by atoms with van der Waals surface area (Å²) in [5.74, 6) is 0. The smallest absolute Gasteiger partial charge is 0.381 e. The number of nitrogens with one attached hydrogen (secondary N) is 1. The summed E-state index contributed by atoms with van der Waals surface area (Å²) in [6.07, 6.45) is 0.362. The lowest BCUT2D eigenvalue weighted by Crippen LogP contribution is -2.31. The Morgan fingerprint density at radius 2 is 1.89 bits per heavy atom. The highest BCUT2D eigenvalue weighted by atomic mass is 19.4. The van der Waals surface area contributed by atoms with Crippen LogP contribution in [0.1, 0.15) is 36.5 Å². The maximum absolute atomic E-state index is 13.4. The molecule has 1 N–H and O–H groups in total. The molecule has 1 aromatic carbocycles. The SMILES string of the molecule is Cc1cc(-c2ccc(C#N)cn2)cc2ccn(CCC[C@H](C)Nc3cnn(C)c(=O)c3C(F)(F)F)c(=O)c12. The summed E-state index contributed by atoms with van der Waals surface area (Å²) >= 11 is 0. The van der Waals surface area contributed by atoms with E-state index < -0.39 is 23.3 Å². The largest absolute Gasteiger partial charge is 0.423 e. The van der Waals surface area contributed by atoms with Crippen LogP contribution in [0.2, 0.25) is 0 Å². The number of halogens is 3. The van der Waals surface area contributed by atoms with Gasteiger partial charge >= 0.3 is 6.18 Å². The van der Waals surface area contributed by atoms with Crippen molar-refractivity contribution in [2.45, 2.75) is 45.5 Å². The fraction of sp³-hybridized carbons (Fsp3) is 0.296. The number of hydrogen-bond donors (Lipinski definition) is 1. The first kappa shape index (κ1) is 26.6. The molecule has 38 heavy (non-hydrogen) atoms. The van der Waals surface area contributed by atoms with Crippen molar-refractivity contribution < 1.29 is 13.2 Å². The van der Waals surface area contributed by atoms with Crippen molar-refractivity contribution in [3.63, 3.8) is 0 Å². The second kappa shape index (κ2) is 10.5. The predicted octanol–water partition coefficient (Wildman–Crippen LogP) is 4.64. The summed E-state index contributed by atoms with van der Waals surface area (Å²) in [5, 5.41) is 16.8. The van der Waals surface area contributed by atoms with E-state index in [4.69, 9.17) is 5.26 Å². The Hall–Kier alpha value is -4.46. The van der Waals surface area contributed by atoms with Gasteiger partial charge in [-0.25, -0.2) is 4.68 Å². The van der Waals surface area contributed by atoms with Crippen LogP contribution in [0.3, 0.4) is 0 Å². The number of nitriles is 1. The van der Waals surface area contributed by atoms with Gasteiger partial charge in [0.05, 0.1) is 28.5 Å². The van der Waals surface area contributed by atoms with Crippen LogP contribution in [-0.2, 0) is 19.8 Å². The molecule has 0 aliphatic heterocycles. The van der Waals surface area contributed by atoms with E-state index >= 15 is 0 Å². The molecule has 1 atom stereocenters. The molecule has 8 nitrogen and oxygen atoms in total. The number of anilines is 1. The summed E-state index contributed by atoms with van der Waals surface area (Å²) in [4.78, 5) is 29.5. The first-order valence-corrected chi connectivity index (χ1v) is 11.9. The van der Waals surface area contributed by atoms with E-state index in [0.717, 1.165) is 22.7 Å². The molecule has 0 fully saturated rings. The Kier molecular flexibility index (Phi) is 7.35. The number of benzene rings is 1. The van der Waals surface area contributed by atoms with Crippen LogP contribution in [-0.4, -0.2) is 25.4 Å². The summed E-state index contributed by atoms with van der Waals surface area (Å²) in [6, 6.07) is 10.7. The van der Waals surface area contributed by atoms with Crippen molar-refractivity contribution in [1.82, 2.24) is 19.3 Å². The first-order valence-electron chi connectivity index (χ1n) is 11.9. The van der Waals surface area contributed by atoms with E-state index in [2.05, 4.69) is 15.4 Å². The Morgan fingerprint density at radius 3 is 2.55 bits per heavy atom. The van der Waals surface area contributed by atoms with Crippen molar-refractivity contribution in [2.75, 3.05) is 5.32 Å². The van der Waals surface area contributed by atoms with Crippen LogP contribution < -0.4 is 16.4 Å². The third-order valence-electron chi connectivity index (χ3n) is 6.32. The normalized spacial score (nSPS) is 12.3. The molecule has 0 saturated heterocycles. The van der Waals surface area contributed by atoms with E-state index in [-0.39, 0.29) is 11.2 Å². The molecule has 0 spiro atoms. The standard InChI is InChI=1S/C27H25F3N6O2/c1-16-11-20(21-7-6-18(13-31)14-32-21)12-19-8-10-36(25(37)23(16)19)9-4-5-17(2)34-22-15-33-35(3)26(38)24(22)27(28,29)30/h6-8,10-12,14-15,17,34H,4-5,9H2,1-3H3/t17-/m0/s1. The van der Waals surface area contributed by atoms with Gasteiger partial charge in [-0.3, -0.25) is 14.6 Å². The average molecular weight is 523 g/mol. The average Bonchev–Trinajstić information content (AvgIpc) is 2.86. The van der Waals surface area contributed by atoms with Crippen LogP contribution >= 0.6 is 0 Å². The quantitative estimate of drug-likeness (QED) is 0.379. The fourth-order valence-corrected chi connectivity index (χ4v) is 4.40. The molecular weight excluding hydrogens is 497 g/mol. The third kappa shape index (κ3) is 5.44. The van der Waals surface area contributed by atoms with Gasteiger partial charge in [-0.2, -0.15) is 23.5 Å². The highest BCUT2D eigenvalue weighted by Crippen LogP contribution is 2.32. The van der Waals surface area contributed by atoms with Crippen LogP contribution in [0, 0.1) is 18.3 Å². The van der Waals surface area contributed by atoms with Gasteiger partial charge in [-0.05, 0) is 68.0 Å². The second-order valence-electron chi connectivity index (χ2n) is 9.16. The number of rotatable bonds is 7. The van der Waals surface area contributed by atoms with Gasteiger partial charge in [-0.1, -0.05) is 0 Å². The molecule has 196 valence electrons. The van der Waals surface area contributed by atoms with E-state index in [1.54, 1.807) is 29.8 Å². The zero-order valence-corrected chi connectivity index (χ0v) is 21.0. The Morgan fingerprint density at radius 1 is 1.13 bits per heavy atom. The van der Waals surface area contributed by atoms with Crippen LogP contribution in [0.4, 0.5) is 18.9 Å². The van der Waals surface area contributed by atoms with Crippen molar-refractivity contribution in [2.24, 2.45) is 7.05 Å². The summed E-state index contributed by atoms with van der Waals surface area (Å²) < 4.78 is 42.5. The van der Waals surface area contributed by atoms with Gasteiger partial charge in [0.25, 0.3) is 11.1 Å². The monoisotopic (exact) mass is 522 g/mol. The first-order chi connectivity index (χ1) is 18.0. The molecule has 3 heterocycles. The van der Waals surface area contributed by atoms with Crippen LogP contribution in [0.15, 0.2) is 58.5 Å². The maximum Gasteiger partial charge on any atom is 0.423 e. The summed E-state index contributed by atoms with van der Waals surface area (Å²) in [7, 11) is 1.17. The van der Waals surface area contributed by atoms with E-state index in [1.165, 1.54) is 13.2 Å². The molecule has 0 radical (unpaired) electrons. The van der Waals surface area contributed by atoms with E-state index in [1.807, 2.05) is 31.2 Å². The van der Waals surface area contributed by atoms with E-state index in [0.29, 0.717) is 40.7 Å². The Balaban J connectivity index is 1.48. The molecule has 3 aromatic heterocycles. The van der Waals surface area contributed by atoms with Gasteiger partial charge in [0.1, 0.15) is 11.6 Å². The maximum atomic E-state index is 13.4. The lowest BCUT2D eigenvalue weighted by molar-refractivity contribution is -0.138. The topological polar surface area (TPSA) is 106 Å². The highest BCUT2D eigenvalue weighted by Gasteiger charge is 2.38. The molecule has 0 saturated carbocycles. The molecule has 0 amide bonds. The predicted molar refractivity (Wildman–Crippen MR) is 138 cm³/mol. The lowest BCUT2D eigenvalue weighted by atomic mass is 10.0. The lowest BCUT2D eigenvalue weighted by Gasteiger charge is -2.19. The molecule has 4 aromatic rings. The third-order valence-corrected chi connectivity index (χ3v) is 6.32. The fourth-order valence-electron chi connectivity index (χ4n) is 4.40. The van der Waals surface area contributed by atoms with Crippen LogP contribution in [0.25, 0.3) is 22.0 Å². The molecule has 0 bridgehead atoms. The minimum absolute atomic E-state index is 0.157. The molecule has 4 rings (SSSR count).